The Hall–Kier alpha value is -2.36. The van der Waals surface area contributed by atoms with Crippen LogP contribution in [0.1, 0.15) is 66.1 Å². The first-order valence-electron chi connectivity index (χ1n) is 9.12. The number of aromatic nitrogens is 1. The van der Waals surface area contributed by atoms with Crippen molar-refractivity contribution in [3.8, 4) is 0 Å². The van der Waals surface area contributed by atoms with Crippen molar-refractivity contribution in [2.45, 2.75) is 52.6 Å². The first-order chi connectivity index (χ1) is 12.0. The van der Waals surface area contributed by atoms with Crippen LogP contribution in [-0.2, 0) is 4.79 Å². The van der Waals surface area contributed by atoms with Gasteiger partial charge in [-0.05, 0) is 39.2 Å². The van der Waals surface area contributed by atoms with Crippen LogP contribution in [0, 0.1) is 13.8 Å². The van der Waals surface area contributed by atoms with Crippen molar-refractivity contribution in [1.82, 2.24) is 9.47 Å². The average Bonchev–Trinajstić information content (AvgIpc) is 2.95. The van der Waals surface area contributed by atoms with Gasteiger partial charge >= 0.3 is 0 Å². The Balaban J connectivity index is 1.99. The van der Waals surface area contributed by atoms with Gasteiger partial charge in [-0.2, -0.15) is 0 Å². The number of carbonyl (C=O) groups excluding carboxylic acids is 2. The third-order valence-corrected chi connectivity index (χ3v) is 5.16. The quantitative estimate of drug-likeness (QED) is 0.782. The monoisotopic (exact) mass is 338 g/mol. The van der Waals surface area contributed by atoms with E-state index in [1.165, 1.54) is 0 Å². The van der Waals surface area contributed by atoms with E-state index in [-0.39, 0.29) is 17.9 Å². The molecule has 4 nitrogen and oxygen atoms in total. The molecule has 1 aromatic heterocycles. The molecule has 1 unspecified atom stereocenters. The highest BCUT2D eigenvalue weighted by Gasteiger charge is 2.30. The van der Waals surface area contributed by atoms with Crippen molar-refractivity contribution in [2.24, 2.45) is 0 Å². The molecule has 1 aliphatic heterocycles. The van der Waals surface area contributed by atoms with Gasteiger partial charge in [-0.1, -0.05) is 37.3 Å². The number of nitrogens with zero attached hydrogens (tertiary/aromatic N) is 2. The summed E-state index contributed by atoms with van der Waals surface area (Å²) >= 11 is 0. The Morgan fingerprint density at radius 2 is 1.84 bits per heavy atom. The van der Waals surface area contributed by atoms with Crippen LogP contribution >= 0.6 is 0 Å². The summed E-state index contributed by atoms with van der Waals surface area (Å²) in [6, 6.07) is 11.3. The second-order valence-electron chi connectivity index (χ2n) is 6.77. The lowest BCUT2D eigenvalue weighted by atomic mass is 10.0. The highest BCUT2D eigenvalue weighted by Crippen LogP contribution is 2.32. The lowest BCUT2D eigenvalue weighted by Crippen LogP contribution is -2.41. The number of piperidine rings is 1. The number of amides is 1. The molecule has 0 radical (unpaired) electrons. The molecule has 2 heterocycles. The van der Waals surface area contributed by atoms with Crippen LogP contribution < -0.4 is 0 Å². The minimum absolute atomic E-state index is 0.0264. The molecule has 0 saturated carbocycles. The van der Waals surface area contributed by atoms with Gasteiger partial charge in [0.1, 0.15) is 6.17 Å². The molecule has 0 aliphatic carbocycles. The summed E-state index contributed by atoms with van der Waals surface area (Å²) < 4.78 is 2.18. The van der Waals surface area contributed by atoms with E-state index in [1.807, 2.05) is 62.1 Å². The summed E-state index contributed by atoms with van der Waals surface area (Å²) in [5.74, 6) is 0.234. The molecule has 132 valence electrons. The largest absolute Gasteiger partial charge is 0.328 e. The third-order valence-electron chi connectivity index (χ3n) is 5.16. The topological polar surface area (TPSA) is 42.3 Å². The van der Waals surface area contributed by atoms with Crippen molar-refractivity contribution in [3.05, 3.63) is 58.9 Å². The van der Waals surface area contributed by atoms with E-state index >= 15 is 0 Å². The lowest BCUT2D eigenvalue weighted by molar-refractivity contribution is -0.136. The van der Waals surface area contributed by atoms with E-state index in [0.29, 0.717) is 12.0 Å². The Kier molecular flexibility index (Phi) is 5.07. The molecule has 4 heteroatoms. The maximum atomic E-state index is 12.9. The minimum Gasteiger partial charge on any atom is -0.328 e. The van der Waals surface area contributed by atoms with Gasteiger partial charge < -0.3 is 9.47 Å². The Morgan fingerprint density at radius 3 is 2.52 bits per heavy atom. The van der Waals surface area contributed by atoms with Gasteiger partial charge in [0.2, 0.25) is 5.91 Å². The van der Waals surface area contributed by atoms with E-state index in [0.717, 1.165) is 42.8 Å². The second kappa shape index (κ2) is 7.26. The van der Waals surface area contributed by atoms with Crippen molar-refractivity contribution in [1.29, 1.82) is 0 Å². The summed E-state index contributed by atoms with van der Waals surface area (Å²) in [6.07, 6.45) is 3.65. The number of carbonyl (C=O) groups is 2. The number of hydrogen-bond acceptors (Lipinski definition) is 2. The smallest absolute Gasteiger partial charge is 0.223 e. The van der Waals surface area contributed by atoms with Gasteiger partial charge in [-0.15, -0.1) is 0 Å². The SMILES string of the molecule is CCC(=O)N1CCCCC1n1c(C)cc(C(=O)c2ccccc2)c1C. The van der Waals surface area contributed by atoms with E-state index in [4.69, 9.17) is 0 Å². The summed E-state index contributed by atoms with van der Waals surface area (Å²) in [5.41, 5.74) is 3.43. The zero-order valence-corrected chi connectivity index (χ0v) is 15.3. The standard InChI is InChI=1S/C21H26N2O2/c1-4-20(24)22-13-9-8-12-19(22)23-15(2)14-18(16(23)3)21(25)17-10-6-5-7-11-17/h5-7,10-11,14,19H,4,8-9,12-13H2,1-3H3. The lowest BCUT2D eigenvalue weighted by Gasteiger charge is -2.38. The number of hydrogen-bond donors (Lipinski definition) is 0. The zero-order chi connectivity index (χ0) is 18.0. The minimum atomic E-state index is 0.0264. The van der Waals surface area contributed by atoms with Crippen molar-refractivity contribution in [2.75, 3.05) is 6.54 Å². The molecule has 25 heavy (non-hydrogen) atoms. The van der Waals surface area contributed by atoms with Crippen LogP contribution in [0.2, 0.25) is 0 Å². The summed E-state index contributed by atoms with van der Waals surface area (Å²) in [7, 11) is 0. The number of likely N-dealkylation sites (tertiary alicyclic amines) is 1. The maximum absolute atomic E-state index is 12.9. The molecule has 3 rings (SSSR count). The van der Waals surface area contributed by atoms with Crippen LogP contribution in [0.25, 0.3) is 0 Å². The number of ketones is 1. The second-order valence-corrected chi connectivity index (χ2v) is 6.77. The molecule has 2 aromatic rings. The van der Waals surface area contributed by atoms with E-state index in [2.05, 4.69) is 4.57 Å². The van der Waals surface area contributed by atoms with Crippen molar-refractivity contribution in [3.63, 3.8) is 0 Å². The predicted molar refractivity (Wildman–Crippen MR) is 98.7 cm³/mol. The molecule has 1 aromatic carbocycles. The molecular weight excluding hydrogens is 312 g/mol. The first-order valence-corrected chi connectivity index (χ1v) is 9.12. The zero-order valence-electron chi connectivity index (χ0n) is 15.3. The highest BCUT2D eigenvalue weighted by atomic mass is 16.2. The summed E-state index contributed by atoms with van der Waals surface area (Å²) in [6.45, 7) is 6.73. The maximum Gasteiger partial charge on any atom is 0.223 e. The molecule has 0 spiro atoms. The average molecular weight is 338 g/mol. The fourth-order valence-electron chi connectivity index (χ4n) is 3.89. The molecule has 1 amide bonds. The number of aryl methyl sites for hydroxylation is 1. The fourth-order valence-corrected chi connectivity index (χ4v) is 3.89. The van der Waals surface area contributed by atoms with Crippen LogP contribution in [-0.4, -0.2) is 27.7 Å². The molecule has 0 N–H and O–H groups in total. The first kappa shape index (κ1) is 17.5. The Bertz CT molecular complexity index is 777. The van der Waals surface area contributed by atoms with E-state index in [9.17, 15) is 9.59 Å². The van der Waals surface area contributed by atoms with Crippen molar-refractivity contribution < 1.29 is 9.59 Å². The van der Waals surface area contributed by atoms with Gasteiger partial charge in [0, 0.05) is 35.5 Å². The molecule has 1 aliphatic rings. The number of benzene rings is 1. The molecule has 1 saturated heterocycles. The van der Waals surface area contributed by atoms with E-state index < -0.39 is 0 Å². The molecule has 0 bridgehead atoms. The Labute approximate surface area is 149 Å². The normalized spacial score (nSPS) is 17.6. The van der Waals surface area contributed by atoms with Gasteiger partial charge in [0.05, 0.1) is 0 Å². The Morgan fingerprint density at radius 1 is 1.12 bits per heavy atom. The predicted octanol–water partition coefficient (Wildman–Crippen LogP) is 4.26. The highest BCUT2D eigenvalue weighted by molar-refractivity contribution is 6.09. The summed E-state index contributed by atoms with van der Waals surface area (Å²) in [5, 5.41) is 0. The van der Waals surface area contributed by atoms with Crippen LogP contribution in [0.5, 0.6) is 0 Å². The molecule has 1 fully saturated rings. The van der Waals surface area contributed by atoms with Gasteiger partial charge in [0.25, 0.3) is 0 Å². The van der Waals surface area contributed by atoms with E-state index in [1.54, 1.807) is 0 Å². The fraction of sp³-hybridized carbons (Fsp3) is 0.429. The van der Waals surface area contributed by atoms with Crippen LogP contribution in [0.15, 0.2) is 36.4 Å². The van der Waals surface area contributed by atoms with Gasteiger partial charge in [-0.3, -0.25) is 9.59 Å². The van der Waals surface area contributed by atoms with Crippen molar-refractivity contribution >= 4 is 11.7 Å². The molecule has 1 atom stereocenters. The van der Waals surface area contributed by atoms with Gasteiger partial charge in [0.15, 0.2) is 5.78 Å². The molecular formula is C21H26N2O2. The number of rotatable bonds is 4. The summed E-state index contributed by atoms with van der Waals surface area (Å²) in [4.78, 5) is 27.3. The third kappa shape index (κ3) is 3.26. The van der Waals surface area contributed by atoms with Gasteiger partial charge in [-0.25, -0.2) is 0 Å². The van der Waals surface area contributed by atoms with Crippen LogP contribution in [0.4, 0.5) is 0 Å². The van der Waals surface area contributed by atoms with Crippen LogP contribution in [0.3, 0.4) is 0 Å².